The Balaban J connectivity index is 2.35. The molecule has 0 unspecified atom stereocenters. The Morgan fingerprint density at radius 2 is 2.24 bits per heavy atom. The van der Waals surface area contributed by atoms with E-state index in [0.717, 1.165) is 11.3 Å². The minimum absolute atomic E-state index is 0.0201. The molecule has 0 saturated heterocycles. The summed E-state index contributed by atoms with van der Waals surface area (Å²) in [6.07, 6.45) is 0. The van der Waals surface area contributed by atoms with Gasteiger partial charge in [0.1, 0.15) is 5.51 Å². The normalized spacial score (nSPS) is 10.8. The lowest BCUT2D eigenvalue weighted by Gasteiger charge is -2.04. The summed E-state index contributed by atoms with van der Waals surface area (Å²) in [5.74, 6) is 0. The average molecular weight is 266 g/mol. The van der Waals surface area contributed by atoms with Crippen LogP contribution in [0, 0.1) is 11.3 Å². The van der Waals surface area contributed by atoms with Crippen LogP contribution in [0.1, 0.15) is 5.56 Å². The summed E-state index contributed by atoms with van der Waals surface area (Å²) in [6, 6.07) is 7.62. The summed E-state index contributed by atoms with van der Waals surface area (Å²) in [7, 11) is -3.71. The maximum atomic E-state index is 11.9. The minimum Gasteiger partial charge on any atom is -0.253 e. The Morgan fingerprint density at radius 3 is 2.88 bits per heavy atom. The molecular formula is C9H6N4O2S2. The lowest BCUT2D eigenvalue weighted by molar-refractivity contribution is 0.601. The predicted molar refractivity (Wildman–Crippen MR) is 61.9 cm³/mol. The van der Waals surface area contributed by atoms with Crippen molar-refractivity contribution in [1.82, 2.24) is 10.2 Å². The Labute approximate surface area is 102 Å². The fourth-order valence-corrected chi connectivity index (χ4v) is 2.86. The van der Waals surface area contributed by atoms with Crippen LogP contribution in [-0.4, -0.2) is 18.6 Å². The molecule has 0 aliphatic carbocycles. The second kappa shape index (κ2) is 4.48. The van der Waals surface area contributed by atoms with Crippen LogP contribution in [0.3, 0.4) is 0 Å². The largest absolute Gasteiger partial charge is 0.263 e. The molecule has 0 aliphatic rings. The molecule has 8 heteroatoms. The van der Waals surface area contributed by atoms with E-state index in [4.69, 9.17) is 5.26 Å². The summed E-state index contributed by atoms with van der Waals surface area (Å²) in [5, 5.41) is 16.0. The van der Waals surface area contributed by atoms with E-state index in [1.165, 1.54) is 29.8 Å². The fourth-order valence-electron chi connectivity index (χ4n) is 1.12. The van der Waals surface area contributed by atoms with E-state index in [9.17, 15) is 8.42 Å². The van der Waals surface area contributed by atoms with Gasteiger partial charge in [-0.25, -0.2) is 8.42 Å². The Bertz CT molecular complexity index is 659. The molecule has 17 heavy (non-hydrogen) atoms. The number of hydrogen-bond acceptors (Lipinski definition) is 6. The van der Waals surface area contributed by atoms with Crippen molar-refractivity contribution in [2.75, 3.05) is 4.72 Å². The summed E-state index contributed by atoms with van der Waals surface area (Å²) < 4.78 is 26.0. The fraction of sp³-hybridized carbons (Fsp3) is 0. The molecule has 0 bridgehead atoms. The van der Waals surface area contributed by atoms with E-state index in [1.54, 1.807) is 0 Å². The van der Waals surface area contributed by atoms with Crippen molar-refractivity contribution in [3.8, 4) is 6.07 Å². The van der Waals surface area contributed by atoms with Crippen LogP contribution in [0.4, 0.5) is 5.13 Å². The van der Waals surface area contributed by atoms with Crippen molar-refractivity contribution in [2.45, 2.75) is 4.90 Å². The molecule has 0 aliphatic heterocycles. The Kier molecular flexibility index (Phi) is 3.03. The summed E-state index contributed by atoms with van der Waals surface area (Å²) >= 11 is 1.08. The maximum Gasteiger partial charge on any atom is 0.263 e. The van der Waals surface area contributed by atoms with E-state index in [-0.39, 0.29) is 15.6 Å². The summed E-state index contributed by atoms with van der Waals surface area (Å²) in [4.78, 5) is 0.0201. The first kappa shape index (κ1) is 11.5. The number of anilines is 1. The van der Waals surface area contributed by atoms with Crippen molar-refractivity contribution in [3.05, 3.63) is 35.3 Å². The average Bonchev–Trinajstić information content (AvgIpc) is 2.81. The van der Waals surface area contributed by atoms with E-state index >= 15 is 0 Å². The number of hydrogen-bond donors (Lipinski definition) is 1. The van der Waals surface area contributed by atoms with E-state index in [0.29, 0.717) is 0 Å². The number of nitrogens with zero attached hydrogens (tertiary/aromatic N) is 3. The van der Waals surface area contributed by atoms with Gasteiger partial charge in [0.15, 0.2) is 0 Å². The SMILES string of the molecule is N#Cc1cccc(S(=O)(=O)Nc2nncs2)c1. The number of nitriles is 1. The van der Waals surface area contributed by atoms with Gasteiger partial charge in [0.25, 0.3) is 10.0 Å². The number of sulfonamides is 1. The highest BCUT2D eigenvalue weighted by molar-refractivity contribution is 7.93. The van der Waals surface area contributed by atoms with Gasteiger partial charge in [-0.05, 0) is 18.2 Å². The van der Waals surface area contributed by atoms with Crippen LogP contribution in [-0.2, 0) is 10.0 Å². The molecule has 0 saturated carbocycles. The highest BCUT2D eigenvalue weighted by Crippen LogP contribution is 2.17. The number of aromatic nitrogens is 2. The van der Waals surface area contributed by atoms with Crippen molar-refractivity contribution >= 4 is 26.5 Å². The highest BCUT2D eigenvalue weighted by Gasteiger charge is 2.15. The number of rotatable bonds is 3. The van der Waals surface area contributed by atoms with Crippen molar-refractivity contribution in [1.29, 1.82) is 5.26 Å². The molecule has 0 radical (unpaired) electrons. The third-order valence-corrected chi connectivity index (χ3v) is 3.93. The molecule has 2 aromatic rings. The highest BCUT2D eigenvalue weighted by atomic mass is 32.2. The first-order valence-electron chi connectivity index (χ1n) is 4.41. The first-order valence-corrected chi connectivity index (χ1v) is 6.77. The molecule has 0 spiro atoms. The topological polar surface area (TPSA) is 95.7 Å². The third kappa shape index (κ3) is 2.58. The van der Waals surface area contributed by atoms with Crippen LogP contribution >= 0.6 is 11.3 Å². The van der Waals surface area contributed by atoms with Crippen LogP contribution in [0.25, 0.3) is 0 Å². The number of benzene rings is 1. The van der Waals surface area contributed by atoms with Crippen LogP contribution in [0.2, 0.25) is 0 Å². The Hall–Kier alpha value is -1.98. The zero-order valence-electron chi connectivity index (χ0n) is 8.36. The number of nitrogens with one attached hydrogen (secondary N) is 1. The van der Waals surface area contributed by atoms with Gasteiger partial charge in [-0.1, -0.05) is 17.4 Å². The molecule has 1 aromatic carbocycles. The standard InChI is InChI=1S/C9H6N4O2S2/c10-5-7-2-1-3-8(4-7)17(14,15)13-9-12-11-6-16-9/h1-4,6H,(H,12,13). The van der Waals surface area contributed by atoms with E-state index in [2.05, 4.69) is 14.9 Å². The van der Waals surface area contributed by atoms with Gasteiger partial charge in [-0.2, -0.15) is 5.26 Å². The molecule has 0 fully saturated rings. The molecule has 1 aromatic heterocycles. The van der Waals surface area contributed by atoms with Crippen molar-refractivity contribution in [3.63, 3.8) is 0 Å². The predicted octanol–water partition coefficient (Wildman–Crippen LogP) is 1.21. The Morgan fingerprint density at radius 1 is 1.41 bits per heavy atom. The quantitative estimate of drug-likeness (QED) is 0.900. The molecule has 1 N–H and O–H groups in total. The zero-order valence-corrected chi connectivity index (χ0v) is 9.99. The smallest absolute Gasteiger partial charge is 0.253 e. The van der Waals surface area contributed by atoms with Crippen LogP contribution in [0.5, 0.6) is 0 Å². The summed E-state index contributed by atoms with van der Waals surface area (Å²) in [6.45, 7) is 0. The van der Waals surface area contributed by atoms with Crippen LogP contribution < -0.4 is 4.72 Å². The van der Waals surface area contributed by atoms with Crippen molar-refractivity contribution < 1.29 is 8.42 Å². The van der Waals surface area contributed by atoms with Crippen molar-refractivity contribution in [2.24, 2.45) is 0 Å². The molecule has 86 valence electrons. The monoisotopic (exact) mass is 266 g/mol. The van der Waals surface area contributed by atoms with E-state index < -0.39 is 10.0 Å². The zero-order chi connectivity index (χ0) is 12.3. The lowest BCUT2D eigenvalue weighted by atomic mass is 10.2. The van der Waals surface area contributed by atoms with Gasteiger partial charge in [-0.15, -0.1) is 10.2 Å². The maximum absolute atomic E-state index is 11.9. The third-order valence-electron chi connectivity index (χ3n) is 1.86. The lowest BCUT2D eigenvalue weighted by Crippen LogP contribution is -2.12. The van der Waals surface area contributed by atoms with Gasteiger partial charge in [-0.3, -0.25) is 4.72 Å². The first-order chi connectivity index (χ1) is 8.12. The molecule has 6 nitrogen and oxygen atoms in total. The minimum atomic E-state index is -3.71. The van der Waals surface area contributed by atoms with Crippen LogP contribution in [0.15, 0.2) is 34.7 Å². The van der Waals surface area contributed by atoms with Gasteiger partial charge >= 0.3 is 0 Å². The second-order valence-corrected chi connectivity index (χ2v) is 5.50. The molecule has 2 rings (SSSR count). The molecule has 0 amide bonds. The molecule has 0 atom stereocenters. The van der Waals surface area contributed by atoms with Gasteiger partial charge < -0.3 is 0 Å². The molecule has 1 heterocycles. The van der Waals surface area contributed by atoms with Gasteiger partial charge in [0.2, 0.25) is 5.13 Å². The van der Waals surface area contributed by atoms with Gasteiger partial charge in [0, 0.05) is 0 Å². The van der Waals surface area contributed by atoms with Gasteiger partial charge in [0.05, 0.1) is 16.5 Å². The van der Waals surface area contributed by atoms with E-state index in [1.807, 2.05) is 6.07 Å². The second-order valence-electron chi connectivity index (χ2n) is 2.99. The summed E-state index contributed by atoms with van der Waals surface area (Å²) in [5.41, 5.74) is 1.70. The molecular weight excluding hydrogens is 260 g/mol.